The largest absolute Gasteiger partial charge is 0.488 e. The second kappa shape index (κ2) is 4.99. The van der Waals surface area contributed by atoms with Gasteiger partial charge >= 0.3 is 0 Å². The molecule has 1 atom stereocenters. The van der Waals surface area contributed by atoms with Crippen LogP contribution in [0.1, 0.15) is 49.8 Å². The predicted octanol–water partition coefficient (Wildman–Crippen LogP) is 4.14. The van der Waals surface area contributed by atoms with E-state index in [9.17, 15) is 4.79 Å². The van der Waals surface area contributed by atoms with Crippen LogP contribution in [-0.4, -0.2) is 11.9 Å². The molecule has 1 aliphatic carbocycles. The maximum Gasteiger partial charge on any atom is 0.146 e. The Morgan fingerprint density at radius 1 is 1.16 bits per heavy atom. The fourth-order valence-corrected chi connectivity index (χ4v) is 3.12. The van der Waals surface area contributed by atoms with Crippen molar-refractivity contribution < 1.29 is 9.53 Å². The molecule has 1 fully saturated rings. The lowest BCUT2D eigenvalue weighted by molar-refractivity contribution is -0.153. The van der Waals surface area contributed by atoms with Gasteiger partial charge in [0.25, 0.3) is 0 Å². The number of carbonyl (C=O) groups excluding carboxylic acids is 1. The first kappa shape index (κ1) is 14.1. The van der Waals surface area contributed by atoms with E-state index in [0.29, 0.717) is 12.2 Å². The van der Waals surface area contributed by atoms with Gasteiger partial charge in [0.05, 0.1) is 5.41 Å². The maximum absolute atomic E-state index is 12.0. The Kier molecular flexibility index (Phi) is 3.71. The smallest absolute Gasteiger partial charge is 0.146 e. The van der Waals surface area contributed by atoms with Crippen molar-refractivity contribution in [1.29, 1.82) is 0 Å². The highest BCUT2D eigenvalue weighted by atomic mass is 16.5. The Hall–Kier alpha value is -1.31. The summed E-state index contributed by atoms with van der Waals surface area (Å²) in [5.41, 5.74) is 3.34. The predicted molar refractivity (Wildman–Crippen MR) is 77.7 cm³/mol. The van der Waals surface area contributed by atoms with Crippen LogP contribution in [0.3, 0.4) is 0 Å². The zero-order valence-corrected chi connectivity index (χ0v) is 12.7. The number of carbonyl (C=O) groups is 1. The summed E-state index contributed by atoms with van der Waals surface area (Å²) in [5.74, 6) is 1.34. The van der Waals surface area contributed by atoms with Gasteiger partial charge in [-0.25, -0.2) is 0 Å². The van der Waals surface area contributed by atoms with Gasteiger partial charge in [-0.3, -0.25) is 4.79 Å². The first-order chi connectivity index (χ1) is 8.96. The van der Waals surface area contributed by atoms with E-state index in [0.717, 1.165) is 24.2 Å². The van der Waals surface area contributed by atoms with Crippen molar-refractivity contribution in [3.8, 4) is 5.75 Å². The summed E-state index contributed by atoms with van der Waals surface area (Å²) in [6.45, 7) is 10.4. The van der Waals surface area contributed by atoms with E-state index in [-0.39, 0.29) is 11.5 Å². The summed E-state index contributed by atoms with van der Waals surface area (Å²) >= 11 is 0. The first-order valence-electron chi connectivity index (χ1n) is 7.23. The van der Waals surface area contributed by atoms with Crippen LogP contribution in [-0.2, 0) is 4.79 Å². The van der Waals surface area contributed by atoms with Gasteiger partial charge in [-0.15, -0.1) is 0 Å². The van der Waals surface area contributed by atoms with Gasteiger partial charge < -0.3 is 4.74 Å². The Morgan fingerprint density at radius 3 is 2.26 bits per heavy atom. The molecule has 1 aromatic carbocycles. The molecule has 1 saturated carbocycles. The summed E-state index contributed by atoms with van der Waals surface area (Å²) in [6.07, 6.45) is 2.36. The molecular weight excluding hydrogens is 236 g/mol. The lowest BCUT2D eigenvalue weighted by Gasteiger charge is -2.46. The van der Waals surface area contributed by atoms with Crippen LogP contribution < -0.4 is 4.74 Å². The van der Waals surface area contributed by atoms with Crippen LogP contribution in [0.5, 0.6) is 5.75 Å². The van der Waals surface area contributed by atoms with E-state index in [1.807, 2.05) is 0 Å². The molecule has 2 heteroatoms. The molecule has 1 aliphatic rings. The number of ketones is 1. The lowest BCUT2D eigenvalue weighted by atomic mass is 9.61. The summed E-state index contributed by atoms with van der Waals surface area (Å²) in [7, 11) is 0. The summed E-state index contributed by atoms with van der Waals surface area (Å²) in [4.78, 5) is 12.0. The molecule has 2 nitrogen and oxygen atoms in total. The maximum atomic E-state index is 12.0. The third kappa shape index (κ3) is 2.07. The third-order valence-corrected chi connectivity index (χ3v) is 4.94. The van der Waals surface area contributed by atoms with Crippen molar-refractivity contribution in [2.75, 3.05) is 0 Å². The van der Waals surface area contributed by atoms with Crippen molar-refractivity contribution >= 4 is 5.78 Å². The van der Waals surface area contributed by atoms with Crippen molar-refractivity contribution in [1.82, 2.24) is 0 Å². The van der Waals surface area contributed by atoms with Crippen molar-refractivity contribution in [3.63, 3.8) is 0 Å². The SMILES string of the molecule is CCC1(CC)C(=O)CC1Oc1c(C)ccc(C)c1C. The van der Waals surface area contributed by atoms with Crippen LogP contribution in [0.2, 0.25) is 0 Å². The Labute approximate surface area is 116 Å². The third-order valence-electron chi connectivity index (χ3n) is 4.94. The molecule has 0 N–H and O–H groups in total. The number of hydrogen-bond donors (Lipinski definition) is 0. The molecule has 0 bridgehead atoms. The highest BCUT2D eigenvalue weighted by Crippen LogP contribution is 2.46. The molecule has 0 spiro atoms. The summed E-state index contributed by atoms with van der Waals surface area (Å²) < 4.78 is 6.24. The van der Waals surface area contributed by atoms with E-state index in [2.05, 4.69) is 46.8 Å². The number of hydrogen-bond acceptors (Lipinski definition) is 2. The molecule has 0 amide bonds. The number of aryl methyl sites for hydroxylation is 2. The van der Waals surface area contributed by atoms with Crippen molar-refractivity contribution in [2.45, 2.75) is 60.0 Å². The molecule has 2 rings (SSSR count). The molecule has 1 aromatic rings. The Balaban J connectivity index is 2.28. The number of Topliss-reactive ketones (excluding diaryl/α,β-unsaturated/α-hetero) is 1. The highest BCUT2D eigenvalue weighted by Gasteiger charge is 2.54. The normalized spacial score (nSPS) is 21.1. The number of rotatable bonds is 4. The van der Waals surface area contributed by atoms with Gasteiger partial charge in [0.2, 0.25) is 0 Å². The molecule has 1 unspecified atom stereocenters. The van der Waals surface area contributed by atoms with Crippen LogP contribution in [0.25, 0.3) is 0 Å². The first-order valence-corrected chi connectivity index (χ1v) is 7.23. The Morgan fingerprint density at radius 2 is 1.74 bits per heavy atom. The monoisotopic (exact) mass is 260 g/mol. The lowest BCUT2D eigenvalue weighted by Crippen LogP contribution is -2.56. The topological polar surface area (TPSA) is 26.3 Å². The van der Waals surface area contributed by atoms with Gasteiger partial charge in [0, 0.05) is 6.42 Å². The minimum absolute atomic E-state index is 0.0502. The molecule has 104 valence electrons. The average molecular weight is 260 g/mol. The second-order valence-corrected chi connectivity index (χ2v) is 5.75. The molecule has 0 aromatic heterocycles. The summed E-state index contributed by atoms with van der Waals surface area (Å²) in [6, 6.07) is 4.22. The van der Waals surface area contributed by atoms with E-state index in [1.54, 1.807) is 0 Å². The van der Waals surface area contributed by atoms with Gasteiger partial charge in [-0.05, 0) is 50.3 Å². The molecule has 0 saturated heterocycles. The quantitative estimate of drug-likeness (QED) is 0.813. The fourth-order valence-electron chi connectivity index (χ4n) is 3.12. The minimum atomic E-state index is -0.247. The molecular formula is C17H24O2. The fraction of sp³-hybridized carbons (Fsp3) is 0.588. The minimum Gasteiger partial charge on any atom is -0.488 e. The van der Waals surface area contributed by atoms with E-state index >= 15 is 0 Å². The van der Waals surface area contributed by atoms with Crippen molar-refractivity contribution in [3.05, 3.63) is 28.8 Å². The number of ether oxygens (including phenoxy) is 1. The van der Waals surface area contributed by atoms with Crippen LogP contribution in [0.15, 0.2) is 12.1 Å². The highest BCUT2D eigenvalue weighted by molar-refractivity contribution is 5.92. The number of benzene rings is 1. The van der Waals surface area contributed by atoms with Crippen LogP contribution in [0.4, 0.5) is 0 Å². The van der Waals surface area contributed by atoms with Gasteiger partial charge in [-0.1, -0.05) is 26.0 Å². The standard InChI is InChI=1S/C17H24O2/c1-6-17(7-2)14(18)10-15(17)19-16-12(4)9-8-11(3)13(16)5/h8-9,15H,6-7,10H2,1-5H3. The zero-order valence-electron chi connectivity index (χ0n) is 12.7. The van der Waals surface area contributed by atoms with E-state index in [4.69, 9.17) is 4.74 Å². The molecule has 0 aliphatic heterocycles. The molecule has 19 heavy (non-hydrogen) atoms. The molecule has 0 heterocycles. The van der Waals surface area contributed by atoms with E-state index < -0.39 is 0 Å². The van der Waals surface area contributed by atoms with Gasteiger partial charge in [0.15, 0.2) is 0 Å². The van der Waals surface area contributed by atoms with E-state index in [1.165, 1.54) is 11.1 Å². The molecule has 0 radical (unpaired) electrons. The van der Waals surface area contributed by atoms with Gasteiger partial charge in [0.1, 0.15) is 17.6 Å². The average Bonchev–Trinajstić information content (AvgIpc) is 2.39. The van der Waals surface area contributed by atoms with Gasteiger partial charge in [-0.2, -0.15) is 0 Å². The van der Waals surface area contributed by atoms with Crippen molar-refractivity contribution in [2.24, 2.45) is 5.41 Å². The van der Waals surface area contributed by atoms with Crippen LogP contribution in [0, 0.1) is 26.2 Å². The zero-order chi connectivity index (χ0) is 14.2. The van der Waals surface area contributed by atoms with Crippen LogP contribution >= 0.6 is 0 Å². The summed E-state index contributed by atoms with van der Waals surface area (Å²) in [5, 5.41) is 0. The Bertz CT molecular complexity index is 498. The second-order valence-electron chi connectivity index (χ2n) is 5.75.